The first-order valence-electron chi connectivity index (χ1n) is 8.36. The summed E-state index contributed by atoms with van der Waals surface area (Å²) >= 11 is 1.34. The second-order valence-electron chi connectivity index (χ2n) is 6.34. The maximum atomic E-state index is 12.6. The zero-order valence-corrected chi connectivity index (χ0v) is 15.3. The number of nitrogens with one attached hydrogen (secondary N) is 1. The molecule has 7 nitrogen and oxygen atoms in total. The van der Waals surface area contributed by atoms with Gasteiger partial charge in [-0.25, -0.2) is 4.98 Å². The highest BCUT2D eigenvalue weighted by atomic mass is 32.1. The zero-order valence-electron chi connectivity index (χ0n) is 14.4. The van der Waals surface area contributed by atoms with Crippen molar-refractivity contribution in [3.63, 3.8) is 0 Å². The Morgan fingerprint density at radius 3 is 2.96 bits per heavy atom. The van der Waals surface area contributed by atoms with Crippen LogP contribution in [0.2, 0.25) is 0 Å². The van der Waals surface area contributed by atoms with Gasteiger partial charge in [0.15, 0.2) is 6.19 Å². The maximum absolute atomic E-state index is 12.6. The van der Waals surface area contributed by atoms with Crippen molar-refractivity contribution in [2.45, 2.75) is 20.3 Å². The second-order valence-corrected chi connectivity index (χ2v) is 7.35. The van der Waals surface area contributed by atoms with Crippen molar-refractivity contribution >= 4 is 32.6 Å². The molecule has 1 aromatic carbocycles. The lowest BCUT2D eigenvalue weighted by Crippen LogP contribution is -2.33. The van der Waals surface area contributed by atoms with Crippen LogP contribution in [0.3, 0.4) is 0 Å². The number of fused-ring (bicyclic) bond motifs is 1. The van der Waals surface area contributed by atoms with Crippen LogP contribution in [0, 0.1) is 31.2 Å². The molecule has 1 unspecified atom stereocenters. The van der Waals surface area contributed by atoms with E-state index in [1.807, 2.05) is 38.2 Å². The molecule has 26 heavy (non-hydrogen) atoms. The van der Waals surface area contributed by atoms with Crippen molar-refractivity contribution in [2.75, 3.05) is 18.0 Å². The number of aryl methyl sites for hydroxylation is 2. The van der Waals surface area contributed by atoms with Gasteiger partial charge in [-0.15, -0.1) is 0 Å². The Balaban J connectivity index is 1.71. The first-order chi connectivity index (χ1) is 12.6. The number of nitriles is 1. The molecule has 1 atom stereocenters. The molecule has 132 valence electrons. The highest BCUT2D eigenvalue weighted by Crippen LogP contribution is 2.34. The predicted molar refractivity (Wildman–Crippen MR) is 98.7 cm³/mol. The highest BCUT2D eigenvalue weighted by molar-refractivity contribution is 7.22. The molecule has 1 amide bonds. The molecule has 0 aliphatic carbocycles. The first-order valence-corrected chi connectivity index (χ1v) is 9.18. The molecule has 0 bridgehead atoms. The largest absolute Gasteiger partial charge is 0.361 e. The average molecular weight is 367 g/mol. The molecule has 0 spiro atoms. The number of rotatable bonds is 3. The predicted octanol–water partition coefficient (Wildman–Crippen LogP) is 2.99. The Hall–Kier alpha value is -2.76. The van der Waals surface area contributed by atoms with Crippen molar-refractivity contribution in [1.29, 1.82) is 5.26 Å². The molecule has 1 aliphatic rings. The summed E-state index contributed by atoms with van der Waals surface area (Å²) in [5.74, 6) is 0.391. The molecule has 1 N–H and O–H groups in total. The lowest BCUT2D eigenvalue weighted by Gasteiger charge is -2.14. The van der Waals surface area contributed by atoms with Gasteiger partial charge in [0.05, 0.1) is 21.8 Å². The summed E-state index contributed by atoms with van der Waals surface area (Å²) < 4.78 is 6.17. The van der Waals surface area contributed by atoms with Gasteiger partial charge >= 0.3 is 0 Å². The third kappa shape index (κ3) is 2.75. The van der Waals surface area contributed by atoms with Crippen LogP contribution in [0.1, 0.15) is 17.9 Å². The summed E-state index contributed by atoms with van der Waals surface area (Å²) in [6, 6.07) is 5.88. The molecular weight excluding hydrogens is 350 g/mol. The number of anilines is 1. The van der Waals surface area contributed by atoms with E-state index in [9.17, 15) is 10.1 Å². The number of carbonyl (C=O) groups excluding carboxylic acids is 1. The maximum Gasteiger partial charge on any atom is 0.246 e. The molecule has 0 radical (unpaired) electrons. The number of nitrogens with zero attached hydrogens (tertiary/aromatic N) is 4. The standard InChI is InChI=1S/C18H17N5O2S/c1-10-16(11(2)25-22-10)12-3-4-15-14(7-12)21-18(26-15)23(9-19)17(24)13-5-6-20-8-13/h3-4,7,13,20H,5-6,8H2,1-2H3. The van der Waals surface area contributed by atoms with Gasteiger partial charge in [0.2, 0.25) is 11.0 Å². The minimum absolute atomic E-state index is 0.167. The van der Waals surface area contributed by atoms with Crippen LogP contribution in [0.5, 0.6) is 0 Å². The summed E-state index contributed by atoms with van der Waals surface area (Å²) in [7, 11) is 0. The second kappa shape index (κ2) is 6.52. The number of benzene rings is 1. The van der Waals surface area contributed by atoms with Crippen molar-refractivity contribution in [1.82, 2.24) is 15.5 Å². The summed E-state index contributed by atoms with van der Waals surface area (Å²) in [5.41, 5.74) is 3.48. The van der Waals surface area contributed by atoms with E-state index in [1.165, 1.54) is 11.3 Å². The van der Waals surface area contributed by atoms with Crippen molar-refractivity contribution < 1.29 is 9.32 Å². The van der Waals surface area contributed by atoms with E-state index in [2.05, 4.69) is 15.5 Å². The van der Waals surface area contributed by atoms with Gasteiger partial charge in [-0.05, 0) is 44.5 Å². The van der Waals surface area contributed by atoms with Crippen LogP contribution < -0.4 is 10.2 Å². The summed E-state index contributed by atoms with van der Waals surface area (Å²) in [5, 5.41) is 17.1. The van der Waals surface area contributed by atoms with Crippen LogP contribution >= 0.6 is 11.3 Å². The van der Waals surface area contributed by atoms with E-state index in [-0.39, 0.29) is 11.8 Å². The number of amides is 1. The summed E-state index contributed by atoms with van der Waals surface area (Å²) in [6.45, 7) is 5.18. The Morgan fingerprint density at radius 1 is 1.46 bits per heavy atom. The first kappa shape index (κ1) is 16.7. The zero-order chi connectivity index (χ0) is 18.3. The van der Waals surface area contributed by atoms with E-state index in [0.717, 1.165) is 50.7 Å². The Labute approximate surface area is 154 Å². The molecule has 0 saturated carbocycles. The lowest BCUT2D eigenvalue weighted by molar-refractivity contribution is -0.121. The average Bonchev–Trinajstić information content (AvgIpc) is 3.35. The van der Waals surface area contributed by atoms with Crippen LogP contribution in [0.25, 0.3) is 21.3 Å². The van der Waals surface area contributed by atoms with Crippen LogP contribution in [0.4, 0.5) is 5.13 Å². The van der Waals surface area contributed by atoms with Crippen molar-refractivity contribution in [2.24, 2.45) is 5.92 Å². The molecule has 1 aliphatic heterocycles. The highest BCUT2D eigenvalue weighted by Gasteiger charge is 2.30. The third-order valence-electron chi connectivity index (χ3n) is 4.62. The van der Waals surface area contributed by atoms with E-state index in [1.54, 1.807) is 0 Å². The molecule has 3 heterocycles. The normalized spacial score (nSPS) is 16.7. The molecule has 3 aromatic rings. The van der Waals surface area contributed by atoms with Crippen LogP contribution in [-0.4, -0.2) is 29.1 Å². The van der Waals surface area contributed by atoms with Crippen molar-refractivity contribution in [3.05, 3.63) is 29.7 Å². The quantitative estimate of drug-likeness (QED) is 0.565. The summed E-state index contributed by atoms with van der Waals surface area (Å²) in [4.78, 5) is 18.3. The lowest BCUT2D eigenvalue weighted by atomic mass is 10.0. The van der Waals surface area contributed by atoms with Gasteiger partial charge in [-0.3, -0.25) is 4.79 Å². The van der Waals surface area contributed by atoms with Gasteiger partial charge in [0, 0.05) is 12.1 Å². The molecule has 1 fully saturated rings. The van der Waals surface area contributed by atoms with Crippen LogP contribution in [0.15, 0.2) is 22.7 Å². The topological polar surface area (TPSA) is 95.0 Å². The fourth-order valence-electron chi connectivity index (χ4n) is 3.30. The van der Waals surface area contributed by atoms with E-state index >= 15 is 0 Å². The Bertz CT molecular complexity index is 1010. The number of thiazole rings is 1. The van der Waals surface area contributed by atoms with Gasteiger partial charge in [0.1, 0.15) is 5.76 Å². The van der Waals surface area contributed by atoms with E-state index in [0.29, 0.717) is 11.7 Å². The molecule has 4 rings (SSSR count). The Kier molecular flexibility index (Phi) is 4.18. The fraction of sp³-hybridized carbons (Fsp3) is 0.333. The Morgan fingerprint density at radius 2 is 2.31 bits per heavy atom. The molecule has 2 aromatic heterocycles. The number of hydrogen-bond acceptors (Lipinski definition) is 7. The minimum Gasteiger partial charge on any atom is -0.361 e. The van der Waals surface area contributed by atoms with Gasteiger partial charge in [-0.2, -0.15) is 10.2 Å². The summed E-state index contributed by atoms with van der Waals surface area (Å²) in [6.07, 6.45) is 2.74. The molecule has 8 heteroatoms. The van der Waals surface area contributed by atoms with E-state index in [4.69, 9.17) is 4.52 Å². The molecular formula is C18H17N5O2S. The number of hydrogen-bond donors (Lipinski definition) is 1. The SMILES string of the molecule is Cc1noc(C)c1-c1ccc2sc(N(C#N)C(=O)C3CCNC3)nc2c1. The minimum atomic E-state index is -0.192. The number of carbonyl (C=O) groups is 1. The smallest absolute Gasteiger partial charge is 0.246 e. The van der Waals surface area contributed by atoms with E-state index < -0.39 is 0 Å². The fourth-order valence-corrected chi connectivity index (χ4v) is 4.20. The third-order valence-corrected chi connectivity index (χ3v) is 5.64. The molecule has 1 saturated heterocycles. The van der Waals surface area contributed by atoms with Crippen molar-refractivity contribution in [3.8, 4) is 17.3 Å². The van der Waals surface area contributed by atoms with Gasteiger partial charge < -0.3 is 9.84 Å². The van der Waals surface area contributed by atoms with Gasteiger partial charge in [-0.1, -0.05) is 22.6 Å². The number of aromatic nitrogens is 2. The van der Waals surface area contributed by atoms with Gasteiger partial charge in [0.25, 0.3) is 0 Å². The van der Waals surface area contributed by atoms with Crippen LogP contribution in [-0.2, 0) is 4.79 Å². The monoisotopic (exact) mass is 367 g/mol.